The van der Waals surface area contributed by atoms with Gasteiger partial charge in [-0.05, 0) is 48.0 Å². The van der Waals surface area contributed by atoms with Crippen molar-refractivity contribution >= 4 is 44.4 Å². The van der Waals surface area contributed by atoms with Gasteiger partial charge in [-0.2, -0.15) is 0 Å². The number of ether oxygens (including phenoxy) is 1. The van der Waals surface area contributed by atoms with E-state index >= 15 is 0 Å². The van der Waals surface area contributed by atoms with Gasteiger partial charge in [-0.25, -0.2) is 4.98 Å². The molecule has 0 unspecified atom stereocenters. The fraction of sp³-hybridized carbons (Fsp3) is 0.0526. The molecule has 126 valence electrons. The van der Waals surface area contributed by atoms with Crippen LogP contribution in [0.4, 0.5) is 5.13 Å². The van der Waals surface area contributed by atoms with Gasteiger partial charge in [0.05, 0.1) is 12.8 Å². The summed E-state index contributed by atoms with van der Waals surface area (Å²) in [4.78, 5) is 16.5. The molecule has 1 N–H and O–H groups in total. The molecule has 0 fully saturated rings. The van der Waals surface area contributed by atoms with Gasteiger partial charge in [-0.15, -0.1) is 11.3 Å². The lowest BCUT2D eigenvalue weighted by Crippen LogP contribution is -2.07. The molecule has 0 aliphatic rings. The van der Waals surface area contributed by atoms with Crippen LogP contribution in [-0.4, -0.2) is 18.0 Å². The Kier molecular flexibility index (Phi) is 5.63. The zero-order chi connectivity index (χ0) is 17.6. The van der Waals surface area contributed by atoms with Crippen molar-refractivity contribution in [2.45, 2.75) is 0 Å². The maximum absolute atomic E-state index is 12.0. The Morgan fingerprint density at radius 3 is 2.56 bits per heavy atom. The van der Waals surface area contributed by atoms with Gasteiger partial charge in [0.25, 0.3) is 0 Å². The SMILES string of the molecule is COc1ccc(-c2csc(NC(=O)C=Cc3ccc(Br)cc3)n2)cc1. The molecule has 1 aromatic heterocycles. The average molecular weight is 415 g/mol. The molecule has 0 bridgehead atoms. The largest absolute Gasteiger partial charge is 0.497 e. The fourth-order valence-electron chi connectivity index (χ4n) is 2.12. The quantitative estimate of drug-likeness (QED) is 0.581. The molecule has 2 aromatic carbocycles. The van der Waals surface area contributed by atoms with Crippen molar-refractivity contribution in [3.05, 3.63) is 70.0 Å². The number of rotatable bonds is 5. The van der Waals surface area contributed by atoms with Gasteiger partial charge in [-0.3, -0.25) is 10.1 Å². The third kappa shape index (κ3) is 4.78. The number of hydrogen-bond acceptors (Lipinski definition) is 4. The Morgan fingerprint density at radius 1 is 1.16 bits per heavy atom. The number of methoxy groups -OCH3 is 1. The summed E-state index contributed by atoms with van der Waals surface area (Å²) in [5, 5.41) is 5.26. The highest BCUT2D eigenvalue weighted by Crippen LogP contribution is 2.26. The van der Waals surface area contributed by atoms with Crippen LogP contribution in [0.3, 0.4) is 0 Å². The number of nitrogens with zero attached hydrogens (tertiary/aromatic N) is 1. The fourth-order valence-corrected chi connectivity index (χ4v) is 3.11. The molecule has 0 saturated heterocycles. The second-order valence-electron chi connectivity index (χ2n) is 5.14. The summed E-state index contributed by atoms with van der Waals surface area (Å²) in [6.45, 7) is 0. The highest BCUT2D eigenvalue weighted by atomic mass is 79.9. The highest BCUT2D eigenvalue weighted by molar-refractivity contribution is 9.10. The lowest BCUT2D eigenvalue weighted by atomic mass is 10.2. The molecule has 4 nitrogen and oxygen atoms in total. The summed E-state index contributed by atoms with van der Waals surface area (Å²) in [6, 6.07) is 15.4. The highest BCUT2D eigenvalue weighted by Gasteiger charge is 2.06. The van der Waals surface area contributed by atoms with E-state index in [-0.39, 0.29) is 5.91 Å². The maximum Gasteiger partial charge on any atom is 0.250 e. The second-order valence-corrected chi connectivity index (χ2v) is 6.91. The number of hydrogen-bond donors (Lipinski definition) is 1. The van der Waals surface area contributed by atoms with E-state index in [4.69, 9.17) is 4.74 Å². The Bertz CT molecular complexity index is 887. The second kappa shape index (κ2) is 8.09. The number of carbonyl (C=O) groups is 1. The van der Waals surface area contributed by atoms with Crippen LogP contribution in [0.25, 0.3) is 17.3 Å². The Hall–Kier alpha value is -2.44. The minimum Gasteiger partial charge on any atom is -0.497 e. The first-order valence-corrected chi connectivity index (χ1v) is 9.16. The van der Waals surface area contributed by atoms with Crippen LogP contribution in [0.1, 0.15) is 5.56 Å². The molecule has 25 heavy (non-hydrogen) atoms. The molecule has 0 radical (unpaired) electrons. The summed E-state index contributed by atoms with van der Waals surface area (Å²) in [5.74, 6) is 0.587. The minimum absolute atomic E-state index is 0.210. The van der Waals surface area contributed by atoms with Crippen molar-refractivity contribution in [1.29, 1.82) is 0 Å². The van der Waals surface area contributed by atoms with Crippen molar-refractivity contribution in [2.24, 2.45) is 0 Å². The number of aromatic nitrogens is 1. The third-order valence-corrected chi connectivity index (χ3v) is 4.70. The van der Waals surface area contributed by atoms with E-state index < -0.39 is 0 Å². The lowest BCUT2D eigenvalue weighted by molar-refractivity contribution is -0.111. The number of nitrogens with one attached hydrogen (secondary N) is 1. The first-order valence-electron chi connectivity index (χ1n) is 7.48. The van der Waals surface area contributed by atoms with Gasteiger partial charge in [0.1, 0.15) is 5.75 Å². The van der Waals surface area contributed by atoms with Crippen molar-refractivity contribution in [2.75, 3.05) is 12.4 Å². The van der Waals surface area contributed by atoms with Gasteiger partial charge in [-0.1, -0.05) is 28.1 Å². The Morgan fingerprint density at radius 2 is 1.88 bits per heavy atom. The standard InChI is InChI=1S/C19H15BrN2O2S/c1-24-16-9-5-14(6-10-16)17-12-25-19(21-17)22-18(23)11-4-13-2-7-15(20)8-3-13/h2-12H,1H3,(H,21,22,23). The summed E-state index contributed by atoms with van der Waals surface area (Å²) in [5.41, 5.74) is 2.75. The van der Waals surface area contributed by atoms with Crippen molar-refractivity contribution in [1.82, 2.24) is 4.98 Å². The number of thiazole rings is 1. The van der Waals surface area contributed by atoms with Gasteiger partial charge in [0, 0.05) is 21.5 Å². The molecule has 0 atom stereocenters. The number of halogens is 1. The van der Waals surface area contributed by atoms with Crippen molar-refractivity contribution in [3.63, 3.8) is 0 Å². The van der Waals surface area contributed by atoms with Crippen LogP contribution in [-0.2, 0) is 4.79 Å². The number of benzene rings is 2. The smallest absolute Gasteiger partial charge is 0.250 e. The predicted molar refractivity (Wildman–Crippen MR) is 106 cm³/mol. The maximum atomic E-state index is 12.0. The van der Waals surface area contributed by atoms with Gasteiger partial charge >= 0.3 is 0 Å². The Balaban J connectivity index is 1.64. The average Bonchev–Trinajstić information content (AvgIpc) is 3.10. The van der Waals surface area contributed by atoms with Gasteiger partial charge in [0.2, 0.25) is 5.91 Å². The summed E-state index contributed by atoms with van der Waals surface area (Å²) < 4.78 is 6.15. The molecule has 0 aliphatic carbocycles. The first kappa shape index (κ1) is 17.4. The number of anilines is 1. The lowest BCUT2D eigenvalue weighted by Gasteiger charge is -2.00. The van der Waals surface area contributed by atoms with E-state index in [0.717, 1.165) is 27.0 Å². The van der Waals surface area contributed by atoms with E-state index in [0.29, 0.717) is 5.13 Å². The van der Waals surface area contributed by atoms with E-state index in [1.165, 1.54) is 17.4 Å². The van der Waals surface area contributed by atoms with E-state index in [1.54, 1.807) is 13.2 Å². The van der Waals surface area contributed by atoms with E-state index in [1.807, 2.05) is 53.9 Å². The van der Waals surface area contributed by atoms with Crippen molar-refractivity contribution < 1.29 is 9.53 Å². The van der Waals surface area contributed by atoms with Gasteiger partial charge < -0.3 is 4.74 Å². The van der Waals surface area contributed by atoms with Gasteiger partial charge in [0.15, 0.2) is 5.13 Å². The van der Waals surface area contributed by atoms with Crippen LogP contribution in [0.15, 0.2) is 64.5 Å². The normalized spacial score (nSPS) is 10.8. The first-order chi connectivity index (χ1) is 12.1. The molecule has 1 amide bonds. The molecule has 3 rings (SSSR count). The molecule has 1 heterocycles. The number of amides is 1. The summed E-state index contributed by atoms with van der Waals surface area (Å²) in [7, 11) is 1.63. The van der Waals surface area contributed by atoms with E-state index in [2.05, 4.69) is 26.2 Å². The van der Waals surface area contributed by atoms with Crippen LogP contribution in [0, 0.1) is 0 Å². The molecule has 6 heteroatoms. The predicted octanol–water partition coefficient (Wildman–Crippen LogP) is 5.23. The topological polar surface area (TPSA) is 51.2 Å². The Labute approximate surface area is 158 Å². The monoisotopic (exact) mass is 414 g/mol. The summed E-state index contributed by atoms with van der Waals surface area (Å²) in [6.07, 6.45) is 3.26. The van der Waals surface area contributed by atoms with Crippen LogP contribution in [0.5, 0.6) is 5.75 Å². The number of carbonyl (C=O) groups excluding carboxylic acids is 1. The molecule has 0 aliphatic heterocycles. The molecule has 0 spiro atoms. The van der Waals surface area contributed by atoms with Crippen LogP contribution in [0.2, 0.25) is 0 Å². The molecule has 0 saturated carbocycles. The van der Waals surface area contributed by atoms with E-state index in [9.17, 15) is 4.79 Å². The third-order valence-electron chi connectivity index (χ3n) is 3.42. The zero-order valence-electron chi connectivity index (χ0n) is 13.4. The van der Waals surface area contributed by atoms with Crippen LogP contribution >= 0.6 is 27.3 Å². The van der Waals surface area contributed by atoms with Crippen LogP contribution < -0.4 is 10.1 Å². The van der Waals surface area contributed by atoms with Crippen molar-refractivity contribution in [3.8, 4) is 17.0 Å². The molecular weight excluding hydrogens is 400 g/mol. The zero-order valence-corrected chi connectivity index (χ0v) is 15.8. The molecular formula is C19H15BrN2O2S. The molecule has 3 aromatic rings. The summed E-state index contributed by atoms with van der Waals surface area (Å²) >= 11 is 4.77. The minimum atomic E-state index is -0.210.